The summed E-state index contributed by atoms with van der Waals surface area (Å²) in [7, 11) is 1.49. The summed E-state index contributed by atoms with van der Waals surface area (Å²) < 4.78 is 51.5. The van der Waals surface area contributed by atoms with Crippen LogP contribution in [0.1, 0.15) is 157 Å². The van der Waals surface area contributed by atoms with Gasteiger partial charge in [-0.2, -0.15) is 0 Å². The van der Waals surface area contributed by atoms with Crippen molar-refractivity contribution in [1.82, 2.24) is 58.5 Å². The van der Waals surface area contributed by atoms with E-state index in [0.29, 0.717) is 43.8 Å². The SMILES string of the molecule is CCNCCOc1ccc(NC(=O)NC(=O)C[C@@H]2NC(=O)[C@H](NC(=O)[C@@H](CC(C)C)NC)[C@H](O)c3ccc(c(C)c3)Oc3cc4cc(c3O[C@@H]3O[C@H](CO)[C@@H](O)[C@H](O)[C@H]3O[C@H]3C[C@](C)(N)[C@H](O)[C@H](C)O3)Oc3ccc(cc3Cl)[C@@H](O)[C@@H]3NC(=O)[C@H](NC(=O)[C@@H]4NC2=O)c2ccc(O)c(c2)-c2c(O)cc(O)cc2[C@@H](C(=O)NC2C4CC5CC(C4)CC2C5)NC3=O)cc1OCCNCC. The van der Waals surface area contributed by atoms with E-state index in [4.69, 9.17) is 55.2 Å². The van der Waals surface area contributed by atoms with Gasteiger partial charge in [0.1, 0.15) is 109 Å². The first-order valence-corrected chi connectivity index (χ1v) is 44.8. The van der Waals surface area contributed by atoms with Crippen molar-refractivity contribution in [2.75, 3.05) is 58.4 Å². The highest BCUT2D eigenvalue weighted by Gasteiger charge is 2.53. The molecule has 23 N–H and O–H groups in total. The van der Waals surface area contributed by atoms with Crippen molar-refractivity contribution in [1.29, 1.82) is 0 Å². The molecule has 18 atom stereocenters. The number of amides is 10. The number of carbonyl (C=O) groups is 9. The van der Waals surface area contributed by atoms with Gasteiger partial charge in [-0.15, -0.1) is 0 Å². The number of aryl methyl sites for hydroxylation is 1. The average molecular weight is 1860 g/mol. The minimum absolute atomic E-state index is 0.0517. The summed E-state index contributed by atoms with van der Waals surface area (Å²) >= 11 is 7.33. The number of aromatic hydroxyl groups is 3. The fraction of sp³-hybridized carbons (Fsp3) is 0.511. The number of aliphatic hydroxyl groups excluding tert-OH is 6. The minimum atomic E-state index is -2.41. The van der Waals surface area contributed by atoms with Crippen LogP contribution in [0.3, 0.4) is 0 Å². The summed E-state index contributed by atoms with van der Waals surface area (Å²) in [5.74, 6) is -12.8. The summed E-state index contributed by atoms with van der Waals surface area (Å²) in [6, 6.07) is 3.68. The molecule has 40 heteroatoms. The van der Waals surface area contributed by atoms with Gasteiger partial charge in [0.05, 0.1) is 36.3 Å². The molecular weight excluding hydrogens is 1740 g/mol. The Morgan fingerprint density at radius 1 is 0.659 bits per heavy atom. The molecule has 4 saturated carbocycles. The number of halogens is 1. The highest BCUT2D eigenvalue weighted by molar-refractivity contribution is 6.32. The lowest BCUT2D eigenvalue weighted by atomic mass is 9.54. The van der Waals surface area contributed by atoms with Gasteiger partial charge in [-0.1, -0.05) is 57.5 Å². The van der Waals surface area contributed by atoms with Crippen molar-refractivity contribution >= 4 is 70.6 Å². The average Bonchev–Trinajstić information content (AvgIpc) is 0.756. The van der Waals surface area contributed by atoms with E-state index >= 15 is 28.8 Å². The van der Waals surface area contributed by atoms with E-state index in [2.05, 4.69) is 63.8 Å². The number of hydrogen-bond donors (Lipinski definition) is 22. The van der Waals surface area contributed by atoms with E-state index in [9.17, 15) is 60.3 Å². The van der Waals surface area contributed by atoms with Crippen LogP contribution in [-0.4, -0.2) is 237 Å². The fourth-order valence-corrected chi connectivity index (χ4v) is 19.3. The molecule has 0 unspecified atom stereocenters. The van der Waals surface area contributed by atoms with E-state index in [1.165, 1.54) is 76.3 Å². The lowest BCUT2D eigenvalue weighted by Gasteiger charge is -2.54. The molecule has 712 valence electrons. The number of rotatable bonds is 25. The summed E-state index contributed by atoms with van der Waals surface area (Å²) in [5, 5.41) is 140. The number of anilines is 1. The van der Waals surface area contributed by atoms with Crippen molar-refractivity contribution in [3.63, 3.8) is 0 Å². The number of nitrogens with one attached hydrogen (secondary N) is 12. The van der Waals surface area contributed by atoms with Gasteiger partial charge in [0.25, 0.3) is 0 Å². The molecule has 39 nitrogen and oxygen atoms in total. The fourth-order valence-electron chi connectivity index (χ4n) is 19.1. The van der Waals surface area contributed by atoms with Gasteiger partial charge in [0, 0.05) is 60.0 Å². The first kappa shape index (κ1) is 96.8. The molecule has 7 aliphatic heterocycles. The first-order chi connectivity index (χ1) is 63.0. The standard InChI is InChI=1S/C92H116ClN13O26/c1-9-96-19-21-125-62-18-14-51(34-63(62)126-22-20-97-10-2)98-91(124)100-67(111)37-57-84(118)102-72-50-32-64(128-60-16-12-46(24-41(60)5)76(112)74(88(122)99-57)105-83(117)56(95-8)23-40(3)4)80(132-90-81(79(115)78(114)66(39-107)130-90)131-68-38-92(7,94)82(116)42(6)127-68)65(33-50)129-61-17-13-47(31-55(61)93)77(113)75-89(123)104-73(87(121)101-70-48-26-43-25-44(28-48)29-49(70)27-43)54-35-52(108)36-59(110)69(54)53-30-45(11-15-58(53)109)71(85(119)106-75)103-86(72)120/h11-18,24,30-36,40,42-44,48-49,56-57,66,68,70-79,81-82,90,95-97,107-110,112-116H,9-10,19-23,25-29,37-39,94H2,1-8H3,(H,99,122)(H,101,121)(H,102,118)(H,103,120)(H,104,123)(H,105,117)(H,106,119)(H2,98,100,111,124)/t42-,43?,44?,48?,49?,56+,57-,66+,68-,70?,71+,72+,73-,74+,75-,76+,77+,78+,79-,81+,82+,90-,92-/m0/s1. The summed E-state index contributed by atoms with van der Waals surface area (Å²) in [6.45, 7) is 13.7. The number of fused-ring (bicyclic) bond motifs is 15. The normalized spacial score (nSPS) is 29.3. The van der Waals surface area contributed by atoms with Crippen LogP contribution in [-0.2, 0) is 52.6 Å². The first-order valence-electron chi connectivity index (χ1n) is 44.5. The van der Waals surface area contributed by atoms with Crippen LogP contribution in [0.15, 0.2) is 97.1 Å². The van der Waals surface area contributed by atoms with E-state index in [1.807, 2.05) is 27.7 Å². The molecule has 0 aromatic heterocycles. The molecule has 17 rings (SSSR count). The number of hydrogen-bond acceptors (Lipinski definition) is 30. The van der Waals surface area contributed by atoms with Crippen molar-refractivity contribution in [2.24, 2.45) is 35.3 Å². The van der Waals surface area contributed by atoms with Gasteiger partial charge in [0.2, 0.25) is 59.3 Å². The number of aliphatic hydroxyl groups is 6. The second-order valence-corrected chi connectivity index (χ2v) is 36.2. The zero-order valence-electron chi connectivity index (χ0n) is 74.0. The predicted molar refractivity (Wildman–Crippen MR) is 473 cm³/mol. The molecule has 0 radical (unpaired) electrons. The van der Waals surface area contributed by atoms with Crippen LogP contribution >= 0.6 is 11.6 Å². The number of imide groups is 1. The molecule has 4 aliphatic carbocycles. The van der Waals surface area contributed by atoms with Gasteiger partial charge in [-0.25, -0.2) is 4.79 Å². The van der Waals surface area contributed by atoms with E-state index in [0.717, 1.165) is 80.6 Å². The van der Waals surface area contributed by atoms with Crippen LogP contribution in [0.2, 0.25) is 5.02 Å². The topological polar surface area (TPSA) is 580 Å². The highest BCUT2D eigenvalue weighted by Crippen LogP contribution is 2.55. The van der Waals surface area contributed by atoms with Crippen molar-refractivity contribution < 1.29 is 127 Å². The lowest BCUT2D eigenvalue weighted by Crippen LogP contribution is -2.64. The van der Waals surface area contributed by atoms with Crippen LogP contribution in [0.4, 0.5) is 10.5 Å². The molecule has 7 heterocycles. The van der Waals surface area contributed by atoms with Crippen LogP contribution < -0.4 is 93.2 Å². The van der Waals surface area contributed by atoms with E-state index < -0.39 is 227 Å². The largest absolute Gasteiger partial charge is 0.508 e. The molecular formula is C92H116ClN13O26. The quantitative estimate of drug-likeness (QED) is 0.0365. The zero-order chi connectivity index (χ0) is 94.6. The molecule has 11 aliphatic rings. The Morgan fingerprint density at radius 3 is 1.94 bits per heavy atom. The summed E-state index contributed by atoms with van der Waals surface area (Å²) in [6.07, 6.45) is -14.4. The third kappa shape index (κ3) is 21.6. The van der Waals surface area contributed by atoms with Gasteiger partial charge < -0.3 is 148 Å². The third-order valence-electron chi connectivity index (χ3n) is 25.6. The van der Waals surface area contributed by atoms with Crippen molar-refractivity contribution in [3.05, 3.63) is 135 Å². The van der Waals surface area contributed by atoms with Crippen LogP contribution in [0.25, 0.3) is 11.1 Å². The molecule has 10 amide bonds. The second kappa shape index (κ2) is 41.5. The highest BCUT2D eigenvalue weighted by atomic mass is 35.5. The minimum Gasteiger partial charge on any atom is -0.508 e. The maximum absolute atomic E-state index is 16.8. The number of urea groups is 1. The van der Waals surface area contributed by atoms with Gasteiger partial charge in [-0.05, 0) is 209 Å². The Hall–Kier alpha value is -11.3. The molecule has 132 heavy (non-hydrogen) atoms. The number of nitrogens with two attached hydrogens (primary N) is 1. The Balaban J connectivity index is 0.945. The number of phenols is 3. The zero-order valence-corrected chi connectivity index (χ0v) is 74.8. The van der Waals surface area contributed by atoms with E-state index in [-0.39, 0.29) is 106 Å². The molecule has 6 fully saturated rings. The number of likely N-dealkylation sites (N-methyl/N-ethyl adjacent to an activating group) is 3. The second-order valence-electron chi connectivity index (χ2n) is 35.8. The summed E-state index contributed by atoms with van der Waals surface area (Å²) in [4.78, 5) is 140. The molecule has 15 bridgehead atoms. The van der Waals surface area contributed by atoms with Gasteiger partial charge >= 0.3 is 6.03 Å². The monoisotopic (exact) mass is 1850 g/mol. The number of benzene rings is 6. The van der Waals surface area contributed by atoms with Crippen LogP contribution in [0, 0.1) is 36.5 Å². The van der Waals surface area contributed by atoms with Gasteiger partial charge in [0.15, 0.2) is 35.4 Å². The number of carbonyl (C=O) groups excluding carboxylic acids is 9. The maximum atomic E-state index is 16.8. The lowest BCUT2D eigenvalue weighted by molar-refractivity contribution is -0.333. The van der Waals surface area contributed by atoms with E-state index in [1.54, 1.807) is 0 Å². The molecule has 2 saturated heterocycles. The van der Waals surface area contributed by atoms with Gasteiger partial charge in [-0.3, -0.25) is 43.7 Å². The Labute approximate surface area is 765 Å². The Bertz CT molecular complexity index is 5270. The van der Waals surface area contributed by atoms with Crippen molar-refractivity contribution in [3.8, 4) is 68.6 Å². The Kier molecular flexibility index (Phi) is 30.4. The summed E-state index contributed by atoms with van der Waals surface area (Å²) in [5.41, 5.74) is 3.31. The number of ether oxygens (including phenoxy) is 8. The Morgan fingerprint density at radius 2 is 1.30 bits per heavy atom. The number of phenolic OH excluding ortho intramolecular Hbond substituents is 3. The van der Waals surface area contributed by atoms with Crippen molar-refractivity contribution in [2.45, 2.75) is 215 Å². The molecule has 0 spiro atoms. The smallest absolute Gasteiger partial charge is 0.325 e. The maximum Gasteiger partial charge on any atom is 0.325 e. The van der Waals surface area contributed by atoms with Crippen LogP contribution in [0.5, 0.6) is 57.5 Å². The third-order valence-corrected chi connectivity index (χ3v) is 25.9. The predicted octanol–water partition coefficient (Wildman–Crippen LogP) is 3.46. The molecule has 6 aromatic rings. The molecule has 6 aromatic carbocycles.